The van der Waals surface area contributed by atoms with Gasteiger partial charge < -0.3 is 14.7 Å². The van der Waals surface area contributed by atoms with Gasteiger partial charge in [-0.3, -0.25) is 4.90 Å². The Balaban J connectivity index is 1.47. The highest BCUT2D eigenvalue weighted by molar-refractivity contribution is 5.44. The third-order valence-corrected chi connectivity index (χ3v) is 8.79. The van der Waals surface area contributed by atoms with Gasteiger partial charge in [-0.05, 0) is 88.2 Å². The molecule has 1 saturated carbocycles. The predicted molar refractivity (Wildman–Crippen MR) is 128 cm³/mol. The summed E-state index contributed by atoms with van der Waals surface area (Å²) < 4.78 is 5.63. The molecule has 180 valence electrons. The summed E-state index contributed by atoms with van der Waals surface area (Å²) in [6, 6.07) is 6.54. The van der Waals surface area contributed by atoms with E-state index in [4.69, 9.17) is 4.74 Å². The zero-order valence-electron chi connectivity index (χ0n) is 20.4. The van der Waals surface area contributed by atoms with E-state index < -0.39 is 5.60 Å². The average molecular weight is 454 g/mol. The van der Waals surface area contributed by atoms with E-state index in [0.29, 0.717) is 0 Å². The van der Waals surface area contributed by atoms with Crippen molar-refractivity contribution in [1.82, 2.24) is 24.8 Å². The normalized spacial score (nSPS) is 31.2. The van der Waals surface area contributed by atoms with Gasteiger partial charge in [-0.2, -0.15) is 15.0 Å². The first-order valence-electron chi connectivity index (χ1n) is 12.6. The summed E-state index contributed by atoms with van der Waals surface area (Å²) in [5.74, 6) is 1.71. The van der Waals surface area contributed by atoms with Crippen molar-refractivity contribution in [2.45, 2.75) is 69.6 Å². The molecule has 3 atom stereocenters. The SMILES string of the molecule is COc1ccc(C)c(C23CCN(CCn4nccn4)CCC2(O)C(C)N(CC2CC2)CC3)c1. The van der Waals surface area contributed by atoms with Gasteiger partial charge in [0.25, 0.3) is 0 Å². The van der Waals surface area contributed by atoms with Crippen molar-refractivity contribution in [2.75, 3.05) is 39.8 Å². The zero-order valence-corrected chi connectivity index (χ0v) is 20.4. The molecule has 2 saturated heterocycles. The number of likely N-dealkylation sites (tertiary alicyclic amines) is 2. The van der Waals surface area contributed by atoms with Crippen LogP contribution >= 0.6 is 0 Å². The third-order valence-electron chi connectivity index (χ3n) is 8.79. The van der Waals surface area contributed by atoms with Gasteiger partial charge in [0.15, 0.2) is 0 Å². The van der Waals surface area contributed by atoms with E-state index in [2.05, 4.69) is 46.0 Å². The number of methoxy groups -OCH3 is 1. The van der Waals surface area contributed by atoms with Gasteiger partial charge in [0, 0.05) is 31.1 Å². The Morgan fingerprint density at radius 1 is 1.06 bits per heavy atom. The van der Waals surface area contributed by atoms with E-state index in [1.807, 2.05) is 6.07 Å². The fourth-order valence-electron chi connectivity index (χ4n) is 6.47. The van der Waals surface area contributed by atoms with Crippen molar-refractivity contribution in [3.05, 3.63) is 41.7 Å². The van der Waals surface area contributed by atoms with Crippen molar-refractivity contribution < 1.29 is 9.84 Å². The number of benzene rings is 1. The van der Waals surface area contributed by atoms with Gasteiger partial charge in [-0.15, -0.1) is 0 Å². The Morgan fingerprint density at radius 2 is 1.79 bits per heavy atom. The number of aryl methyl sites for hydroxylation is 1. The lowest BCUT2D eigenvalue weighted by molar-refractivity contribution is -0.136. The smallest absolute Gasteiger partial charge is 0.119 e. The molecule has 7 nitrogen and oxygen atoms in total. The second-order valence-corrected chi connectivity index (χ2v) is 10.5. The molecule has 7 heteroatoms. The number of aliphatic hydroxyl groups is 1. The zero-order chi connectivity index (χ0) is 23.1. The van der Waals surface area contributed by atoms with Crippen molar-refractivity contribution in [3.63, 3.8) is 0 Å². The van der Waals surface area contributed by atoms with Crippen LogP contribution in [-0.2, 0) is 12.0 Å². The standard InChI is InChI=1S/C26H39N5O2/c1-20-4-7-23(33-3)18-24(20)25-8-13-29(16-17-31-27-11-12-28-31)14-10-26(25,32)21(2)30(15-9-25)19-22-5-6-22/h4,7,11-12,18,21-22,32H,5-6,8-10,13-17,19H2,1-3H3. The Kier molecular flexibility index (Phi) is 6.23. The van der Waals surface area contributed by atoms with Crippen LogP contribution in [0.25, 0.3) is 0 Å². The van der Waals surface area contributed by atoms with Crippen LogP contribution in [0.1, 0.15) is 50.2 Å². The highest BCUT2D eigenvalue weighted by atomic mass is 16.5. The third kappa shape index (κ3) is 4.19. The molecule has 1 aliphatic carbocycles. The molecule has 0 bridgehead atoms. The van der Waals surface area contributed by atoms with Gasteiger partial charge in [-0.25, -0.2) is 0 Å². The van der Waals surface area contributed by atoms with Crippen molar-refractivity contribution in [3.8, 4) is 5.75 Å². The highest BCUT2D eigenvalue weighted by Crippen LogP contribution is 2.53. The summed E-state index contributed by atoms with van der Waals surface area (Å²) in [6.45, 7) is 10.2. The summed E-state index contributed by atoms with van der Waals surface area (Å²) in [5, 5.41) is 21.2. The number of ether oxygens (including phenoxy) is 1. The molecule has 3 aliphatic rings. The van der Waals surface area contributed by atoms with Crippen LogP contribution < -0.4 is 4.74 Å². The Bertz CT molecular complexity index is 946. The van der Waals surface area contributed by atoms with E-state index in [-0.39, 0.29) is 11.5 Å². The molecule has 0 amide bonds. The average Bonchev–Trinajstić information content (AvgIpc) is 3.52. The van der Waals surface area contributed by atoms with Gasteiger partial charge >= 0.3 is 0 Å². The molecular weight excluding hydrogens is 414 g/mol. The first-order valence-corrected chi connectivity index (χ1v) is 12.6. The molecule has 1 aromatic heterocycles. The van der Waals surface area contributed by atoms with Gasteiger partial charge in [0.2, 0.25) is 0 Å². The molecule has 33 heavy (non-hydrogen) atoms. The molecule has 2 aromatic rings. The number of nitrogens with zero attached hydrogens (tertiary/aromatic N) is 5. The maximum absolute atomic E-state index is 12.7. The summed E-state index contributed by atoms with van der Waals surface area (Å²) in [7, 11) is 1.73. The predicted octanol–water partition coefficient (Wildman–Crippen LogP) is 2.86. The van der Waals surface area contributed by atoms with Crippen LogP contribution in [0.4, 0.5) is 0 Å². The van der Waals surface area contributed by atoms with Gasteiger partial charge in [-0.1, -0.05) is 6.07 Å². The molecule has 0 radical (unpaired) electrons. The molecular formula is C26H39N5O2. The second kappa shape index (κ2) is 9.01. The lowest BCUT2D eigenvalue weighted by Gasteiger charge is -2.58. The molecule has 1 aromatic carbocycles. The topological polar surface area (TPSA) is 66.6 Å². The number of hydrogen-bond acceptors (Lipinski definition) is 6. The van der Waals surface area contributed by atoms with Gasteiger partial charge in [0.1, 0.15) is 5.75 Å². The van der Waals surface area contributed by atoms with E-state index >= 15 is 0 Å². The fourth-order valence-corrected chi connectivity index (χ4v) is 6.47. The lowest BCUT2D eigenvalue weighted by Crippen LogP contribution is -2.68. The number of piperidine rings is 1. The fraction of sp³-hybridized carbons (Fsp3) is 0.692. The summed E-state index contributed by atoms with van der Waals surface area (Å²) in [5.41, 5.74) is 1.48. The van der Waals surface area contributed by atoms with Crippen LogP contribution in [0, 0.1) is 12.8 Å². The molecule has 5 rings (SSSR count). The van der Waals surface area contributed by atoms with Crippen molar-refractivity contribution in [2.24, 2.45) is 5.92 Å². The Hall–Kier alpha value is -1.96. The summed E-state index contributed by atoms with van der Waals surface area (Å²) in [6.07, 6.45) is 8.87. The highest BCUT2D eigenvalue weighted by Gasteiger charge is 2.59. The summed E-state index contributed by atoms with van der Waals surface area (Å²) >= 11 is 0. The number of fused-ring (bicyclic) bond motifs is 1. The van der Waals surface area contributed by atoms with E-state index in [9.17, 15) is 5.11 Å². The van der Waals surface area contributed by atoms with Crippen LogP contribution in [0.3, 0.4) is 0 Å². The van der Waals surface area contributed by atoms with E-state index in [1.54, 1.807) is 24.3 Å². The van der Waals surface area contributed by atoms with Crippen LogP contribution in [0.15, 0.2) is 30.6 Å². The van der Waals surface area contributed by atoms with Crippen LogP contribution in [-0.4, -0.2) is 81.4 Å². The number of rotatable bonds is 7. The molecule has 3 heterocycles. The first kappa shape index (κ1) is 22.8. The second-order valence-electron chi connectivity index (χ2n) is 10.5. The van der Waals surface area contributed by atoms with Crippen LogP contribution in [0.5, 0.6) is 5.75 Å². The van der Waals surface area contributed by atoms with Gasteiger partial charge in [0.05, 0.1) is 31.6 Å². The van der Waals surface area contributed by atoms with Crippen molar-refractivity contribution in [1.29, 1.82) is 0 Å². The molecule has 3 unspecified atom stereocenters. The molecule has 1 N–H and O–H groups in total. The quantitative estimate of drug-likeness (QED) is 0.695. The molecule has 0 spiro atoms. The minimum atomic E-state index is -0.782. The summed E-state index contributed by atoms with van der Waals surface area (Å²) in [4.78, 5) is 6.83. The van der Waals surface area contributed by atoms with Crippen LogP contribution in [0.2, 0.25) is 0 Å². The minimum absolute atomic E-state index is 0.130. The number of aromatic nitrogens is 3. The van der Waals surface area contributed by atoms with E-state index in [1.165, 1.54) is 24.0 Å². The monoisotopic (exact) mass is 453 g/mol. The van der Waals surface area contributed by atoms with E-state index in [0.717, 1.165) is 70.2 Å². The largest absolute Gasteiger partial charge is 0.497 e. The first-order chi connectivity index (χ1) is 15.9. The molecule has 3 fully saturated rings. The Morgan fingerprint density at radius 3 is 2.52 bits per heavy atom. The lowest BCUT2D eigenvalue weighted by atomic mass is 9.57. The minimum Gasteiger partial charge on any atom is -0.497 e. The molecule has 2 aliphatic heterocycles. The maximum Gasteiger partial charge on any atom is 0.119 e. The Labute approximate surface area is 197 Å². The number of hydrogen-bond donors (Lipinski definition) is 1. The van der Waals surface area contributed by atoms with Crippen molar-refractivity contribution >= 4 is 0 Å². The maximum atomic E-state index is 12.7.